The van der Waals surface area contributed by atoms with Gasteiger partial charge in [0.1, 0.15) is 35.6 Å². The molecule has 12 heteroatoms. The number of benzene rings is 1. The summed E-state index contributed by atoms with van der Waals surface area (Å²) in [7, 11) is 0. The summed E-state index contributed by atoms with van der Waals surface area (Å²) in [6.45, 7) is 0.772. The van der Waals surface area contributed by atoms with Crippen molar-refractivity contribution < 1.29 is 22.8 Å². The Balaban J connectivity index is 1.44. The molecule has 1 saturated heterocycles. The predicted octanol–water partition coefficient (Wildman–Crippen LogP) is 1.57. The Bertz CT molecular complexity index is 1080. The molecule has 1 aromatic heterocycles. The summed E-state index contributed by atoms with van der Waals surface area (Å²) in [4.78, 5) is 35.0. The van der Waals surface area contributed by atoms with Crippen LogP contribution in [0.3, 0.4) is 0 Å². The number of hydrazone groups is 1. The fourth-order valence-corrected chi connectivity index (χ4v) is 4.15. The summed E-state index contributed by atoms with van der Waals surface area (Å²) >= 11 is 0. The van der Waals surface area contributed by atoms with Gasteiger partial charge in [0.25, 0.3) is 5.91 Å². The van der Waals surface area contributed by atoms with Crippen molar-refractivity contribution in [3.8, 4) is 0 Å². The fraction of sp³-hybridized carbons (Fsp3) is 0.409. The maximum Gasteiger partial charge on any atom is 0.270 e. The molecule has 0 unspecified atom stereocenters. The van der Waals surface area contributed by atoms with Crippen molar-refractivity contribution in [3.63, 3.8) is 0 Å². The third-order valence-corrected chi connectivity index (χ3v) is 5.82. The normalized spacial score (nSPS) is 22.2. The predicted molar refractivity (Wildman–Crippen MR) is 118 cm³/mol. The van der Waals surface area contributed by atoms with Crippen LogP contribution in [0.5, 0.6) is 0 Å². The third kappa shape index (κ3) is 5.01. The molecule has 3 N–H and O–H groups in total. The lowest BCUT2D eigenvalue weighted by atomic mass is 9.92. The summed E-state index contributed by atoms with van der Waals surface area (Å²) < 4.78 is 42.5. The lowest BCUT2D eigenvalue weighted by molar-refractivity contribution is -0.140. The van der Waals surface area contributed by atoms with Crippen LogP contribution in [0.15, 0.2) is 35.7 Å². The first-order valence-corrected chi connectivity index (χ1v) is 10.9. The highest BCUT2D eigenvalue weighted by Gasteiger charge is 2.40. The minimum atomic E-state index is -1.54. The van der Waals surface area contributed by atoms with Crippen molar-refractivity contribution in [2.45, 2.75) is 25.1 Å². The number of hydrogen-bond donors (Lipinski definition) is 2. The maximum atomic E-state index is 15.2. The number of piperidine rings is 1. The van der Waals surface area contributed by atoms with Gasteiger partial charge in [-0.25, -0.2) is 28.1 Å². The molecule has 0 radical (unpaired) electrons. The first-order valence-electron chi connectivity index (χ1n) is 10.9. The van der Waals surface area contributed by atoms with Gasteiger partial charge in [-0.05, 0) is 24.1 Å². The minimum absolute atomic E-state index is 0.117. The summed E-state index contributed by atoms with van der Waals surface area (Å²) in [5.41, 5.74) is 5.77. The molecular formula is C22H24F3N7O2. The summed E-state index contributed by atoms with van der Waals surface area (Å²) in [6.07, 6.45) is 1.62. The molecule has 3 heterocycles. The molecule has 0 saturated carbocycles. The Hall–Kier alpha value is -3.54. The number of aromatic nitrogens is 2. The van der Waals surface area contributed by atoms with Crippen LogP contribution in [0.2, 0.25) is 0 Å². The number of rotatable bonds is 6. The molecule has 0 aliphatic carbocycles. The second-order valence-electron chi connectivity index (χ2n) is 8.10. The molecule has 0 spiro atoms. The van der Waals surface area contributed by atoms with Crippen molar-refractivity contribution in [2.24, 2.45) is 16.8 Å². The SMILES string of the molecule is NCCNC(=O)c1cc(N2CC[C@@H](C(=O)N3N=CC[C@H]3c3cc(F)cc(F)c3)[C@@H](F)C2)ncn1. The highest BCUT2D eigenvalue weighted by Crippen LogP contribution is 2.34. The van der Waals surface area contributed by atoms with E-state index >= 15 is 4.39 Å². The number of nitrogens with one attached hydrogen (secondary N) is 1. The van der Waals surface area contributed by atoms with E-state index in [1.165, 1.54) is 18.6 Å². The molecule has 34 heavy (non-hydrogen) atoms. The molecule has 4 rings (SSSR count). The molecule has 3 atom stereocenters. The first-order chi connectivity index (χ1) is 16.4. The average molecular weight is 475 g/mol. The number of carbonyl (C=O) groups excluding carboxylic acids is 2. The molecule has 2 aliphatic rings. The van der Waals surface area contributed by atoms with Crippen molar-refractivity contribution in [1.29, 1.82) is 0 Å². The first kappa shape index (κ1) is 23.6. The third-order valence-electron chi connectivity index (χ3n) is 5.82. The van der Waals surface area contributed by atoms with Crippen molar-refractivity contribution in [1.82, 2.24) is 20.3 Å². The molecule has 9 nitrogen and oxygen atoms in total. The lowest BCUT2D eigenvalue weighted by Gasteiger charge is -2.36. The quantitative estimate of drug-likeness (QED) is 0.655. The van der Waals surface area contributed by atoms with E-state index in [0.717, 1.165) is 23.2 Å². The lowest BCUT2D eigenvalue weighted by Crippen LogP contribution is -2.48. The van der Waals surface area contributed by atoms with Gasteiger partial charge in [0.05, 0.1) is 18.5 Å². The zero-order chi connectivity index (χ0) is 24.2. The smallest absolute Gasteiger partial charge is 0.270 e. The molecule has 1 aromatic carbocycles. The summed E-state index contributed by atoms with van der Waals surface area (Å²) in [6, 6.07) is 3.81. The summed E-state index contributed by atoms with van der Waals surface area (Å²) in [5, 5.41) is 7.78. The average Bonchev–Trinajstić information content (AvgIpc) is 3.31. The van der Waals surface area contributed by atoms with E-state index in [9.17, 15) is 18.4 Å². The van der Waals surface area contributed by atoms with Crippen LogP contribution < -0.4 is 16.0 Å². The van der Waals surface area contributed by atoms with Gasteiger partial charge in [0.2, 0.25) is 5.91 Å². The van der Waals surface area contributed by atoms with Crippen LogP contribution >= 0.6 is 0 Å². The monoisotopic (exact) mass is 475 g/mol. The zero-order valence-electron chi connectivity index (χ0n) is 18.2. The van der Waals surface area contributed by atoms with E-state index in [-0.39, 0.29) is 37.2 Å². The van der Waals surface area contributed by atoms with Gasteiger partial charge in [-0.15, -0.1) is 0 Å². The largest absolute Gasteiger partial charge is 0.354 e. The number of alkyl halides is 1. The van der Waals surface area contributed by atoms with Gasteiger partial charge in [-0.3, -0.25) is 9.59 Å². The number of hydrogen-bond acceptors (Lipinski definition) is 7. The van der Waals surface area contributed by atoms with E-state index in [1.54, 1.807) is 4.90 Å². The molecule has 180 valence electrons. The Labute approximate surface area is 193 Å². The van der Waals surface area contributed by atoms with Crippen LogP contribution in [0.1, 0.15) is 34.9 Å². The molecule has 1 fully saturated rings. The van der Waals surface area contributed by atoms with E-state index < -0.39 is 41.6 Å². The van der Waals surface area contributed by atoms with E-state index in [4.69, 9.17) is 5.73 Å². The Morgan fingerprint density at radius 1 is 1.15 bits per heavy atom. The molecule has 2 amide bonds. The van der Waals surface area contributed by atoms with Gasteiger partial charge in [0, 0.05) is 44.4 Å². The molecule has 0 bridgehead atoms. The minimum Gasteiger partial charge on any atom is -0.354 e. The van der Waals surface area contributed by atoms with E-state index in [0.29, 0.717) is 18.9 Å². The fourth-order valence-electron chi connectivity index (χ4n) is 4.15. The Morgan fingerprint density at radius 2 is 1.91 bits per heavy atom. The maximum absolute atomic E-state index is 15.2. The molecular weight excluding hydrogens is 451 g/mol. The number of nitrogens with two attached hydrogens (primary N) is 1. The van der Waals surface area contributed by atoms with Gasteiger partial charge >= 0.3 is 0 Å². The van der Waals surface area contributed by atoms with Crippen molar-refractivity contribution in [2.75, 3.05) is 31.1 Å². The number of amides is 2. The van der Waals surface area contributed by atoms with Crippen LogP contribution in [0.25, 0.3) is 0 Å². The zero-order valence-corrected chi connectivity index (χ0v) is 18.2. The van der Waals surface area contributed by atoms with Crippen LogP contribution in [-0.4, -0.2) is 65.4 Å². The van der Waals surface area contributed by atoms with Gasteiger partial charge in [-0.1, -0.05) is 0 Å². The standard InChI is InChI=1S/C22H24F3N7O2/c23-14-7-13(8-15(24)9-14)19-1-4-30-32(19)22(34)16-2-6-31(11-17(16)25)20-10-18(28-12-29-20)21(33)27-5-3-26/h4,7-10,12,16-17,19H,1-3,5-6,11,26H2,(H,27,33)/t16-,17+,19+/m1/s1. The number of nitrogens with zero attached hydrogens (tertiary/aromatic N) is 5. The number of halogens is 3. The van der Waals surface area contributed by atoms with Crippen LogP contribution in [0, 0.1) is 17.6 Å². The summed E-state index contributed by atoms with van der Waals surface area (Å²) in [5.74, 6) is -3.07. The Kier molecular flexibility index (Phi) is 7.06. The Morgan fingerprint density at radius 3 is 2.62 bits per heavy atom. The van der Waals surface area contributed by atoms with E-state index in [2.05, 4.69) is 20.4 Å². The van der Waals surface area contributed by atoms with Crippen molar-refractivity contribution >= 4 is 23.8 Å². The topological polar surface area (TPSA) is 117 Å². The van der Waals surface area contributed by atoms with Gasteiger partial charge < -0.3 is 16.0 Å². The molecule has 2 aromatic rings. The number of carbonyl (C=O) groups is 2. The highest BCUT2D eigenvalue weighted by molar-refractivity contribution is 5.92. The van der Waals surface area contributed by atoms with Crippen LogP contribution in [0.4, 0.5) is 19.0 Å². The highest BCUT2D eigenvalue weighted by atomic mass is 19.1. The second kappa shape index (κ2) is 10.2. The van der Waals surface area contributed by atoms with Crippen LogP contribution in [-0.2, 0) is 4.79 Å². The van der Waals surface area contributed by atoms with Gasteiger partial charge in [0.15, 0.2) is 0 Å². The van der Waals surface area contributed by atoms with E-state index in [1.807, 2.05) is 0 Å². The molecule has 2 aliphatic heterocycles. The second-order valence-corrected chi connectivity index (χ2v) is 8.10. The number of anilines is 1. The van der Waals surface area contributed by atoms with Crippen molar-refractivity contribution in [3.05, 3.63) is 53.5 Å². The van der Waals surface area contributed by atoms with Gasteiger partial charge in [-0.2, -0.15) is 5.10 Å².